The summed E-state index contributed by atoms with van der Waals surface area (Å²) >= 11 is 0. The zero-order valence-corrected chi connectivity index (χ0v) is 13.7. The lowest BCUT2D eigenvalue weighted by Crippen LogP contribution is -2.47. The Hall–Kier alpha value is -0.630. The predicted octanol–water partition coefficient (Wildman–Crippen LogP) is 1.93. The second-order valence-corrected chi connectivity index (χ2v) is 6.06. The molecule has 4 heteroatoms. The van der Waals surface area contributed by atoms with Crippen molar-refractivity contribution < 1.29 is 0 Å². The fourth-order valence-corrected chi connectivity index (χ4v) is 2.16. The normalized spacial score (nSPS) is 16.4. The molecule has 0 aromatic heterocycles. The minimum Gasteiger partial charge on any atom is -0.309 e. The molecular formula is C15H32N4. The Balaban J connectivity index is 4.17. The molecule has 0 rings (SSSR count). The van der Waals surface area contributed by atoms with Crippen LogP contribution in [0.5, 0.6) is 0 Å². The van der Waals surface area contributed by atoms with E-state index in [1.807, 2.05) is 6.92 Å². The van der Waals surface area contributed by atoms with Crippen LogP contribution in [0, 0.1) is 11.3 Å². The zero-order chi connectivity index (χ0) is 14.9. The number of hydrogen-bond donors (Lipinski definition) is 1. The van der Waals surface area contributed by atoms with Gasteiger partial charge in [-0.2, -0.15) is 5.26 Å². The summed E-state index contributed by atoms with van der Waals surface area (Å²) in [6.07, 6.45) is 3.09. The highest BCUT2D eigenvalue weighted by atomic mass is 15.1. The number of nitrogens with zero attached hydrogens (tertiary/aromatic N) is 3. The van der Waals surface area contributed by atoms with Crippen molar-refractivity contribution in [2.45, 2.75) is 51.6 Å². The van der Waals surface area contributed by atoms with Gasteiger partial charge in [0, 0.05) is 6.04 Å². The number of nitriles is 1. The van der Waals surface area contributed by atoms with Crippen LogP contribution in [0.3, 0.4) is 0 Å². The molecule has 0 aliphatic heterocycles. The molecule has 0 aliphatic rings. The van der Waals surface area contributed by atoms with Crippen LogP contribution in [-0.4, -0.2) is 62.2 Å². The lowest BCUT2D eigenvalue weighted by molar-refractivity contribution is 0.204. The third-order valence-electron chi connectivity index (χ3n) is 3.58. The molecule has 0 radical (unpaired) electrons. The summed E-state index contributed by atoms with van der Waals surface area (Å²) in [6, 6.07) is 2.84. The first-order chi connectivity index (χ1) is 8.84. The Morgan fingerprint density at radius 3 is 2.37 bits per heavy atom. The van der Waals surface area contributed by atoms with Crippen LogP contribution >= 0.6 is 0 Å². The van der Waals surface area contributed by atoms with Gasteiger partial charge in [0.25, 0.3) is 0 Å². The predicted molar refractivity (Wildman–Crippen MR) is 82.2 cm³/mol. The molecule has 2 unspecified atom stereocenters. The molecule has 0 heterocycles. The van der Waals surface area contributed by atoms with E-state index in [9.17, 15) is 5.26 Å². The van der Waals surface area contributed by atoms with E-state index in [1.54, 1.807) is 0 Å². The molecule has 0 spiro atoms. The zero-order valence-electron chi connectivity index (χ0n) is 13.7. The van der Waals surface area contributed by atoms with Gasteiger partial charge in [-0.1, -0.05) is 6.92 Å². The topological polar surface area (TPSA) is 42.3 Å². The highest BCUT2D eigenvalue weighted by Gasteiger charge is 2.26. The standard InChI is InChI=1S/C15H32N4/c1-7-9-17-15(3,13-16)12-14(2)19(6)11-8-10-18(4)5/h14,17H,7-12H2,1-6H3. The minimum absolute atomic E-state index is 0.411. The highest BCUT2D eigenvalue weighted by Crippen LogP contribution is 2.15. The van der Waals surface area contributed by atoms with E-state index in [0.29, 0.717) is 6.04 Å². The molecule has 0 aromatic carbocycles. The van der Waals surface area contributed by atoms with Crippen molar-refractivity contribution in [1.82, 2.24) is 15.1 Å². The van der Waals surface area contributed by atoms with Crippen LogP contribution in [0.15, 0.2) is 0 Å². The van der Waals surface area contributed by atoms with Crippen LogP contribution in [-0.2, 0) is 0 Å². The lowest BCUT2D eigenvalue weighted by Gasteiger charge is -2.32. The van der Waals surface area contributed by atoms with E-state index < -0.39 is 5.54 Å². The summed E-state index contributed by atoms with van der Waals surface area (Å²) in [5.41, 5.74) is -0.411. The molecule has 0 fully saturated rings. The second kappa shape index (κ2) is 9.30. The molecule has 19 heavy (non-hydrogen) atoms. The monoisotopic (exact) mass is 268 g/mol. The number of hydrogen-bond acceptors (Lipinski definition) is 4. The average Bonchev–Trinajstić information content (AvgIpc) is 2.35. The molecule has 2 atom stereocenters. The summed E-state index contributed by atoms with van der Waals surface area (Å²) in [5.74, 6) is 0. The summed E-state index contributed by atoms with van der Waals surface area (Å²) in [4.78, 5) is 4.56. The van der Waals surface area contributed by atoms with E-state index >= 15 is 0 Å². The molecule has 0 saturated carbocycles. The fourth-order valence-electron chi connectivity index (χ4n) is 2.16. The molecule has 1 N–H and O–H groups in total. The van der Waals surface area contributed by atoms with Crippen molar-refractivity contribution in [3.8, 4) is 6.07 Å². The molecule has 0 bridgehead atoms. The van der Waals surface area contributed by atoms with Gasteiger partial charge < -0.3 is 9.80 Å². The van der Waals surface area contributed by atoms with Crippen LogP contribution in [0.4, 0.5) is 0 Å². The van der Waals surface area contributed by atoms with Gasteiger partial charge in [-0.05, 0) is 73.9 Å². The highest BCUT2D eigenvalue weighted by molar-refractivity contribution is 5.05. The molecule has 0 amide bonds. The van der Waals surface area contributed by atoms with E-state index in [2.05, 4.69) is 56.2 Å². The van der Waals surface area contributed by atoms with Gasteiger partial charge in [-0.25, -0.2) is 0 Å². The van der Waals surface area contributed by atoms with Gasteiger partial charge in [0.2, 0.25) is 0 Å². The SMILES string of the molecule is CCCNC(C)(C#N)CC(C)N(C)CCCN(C)C. The second-order valence-electron chi connectivity index (χ2n) is 6.06. The van der Waals surface area contributed by atoms with Crippen LogP contribution < -0.4 is 5.32 Å². The van der Waals surface area contributed by atoms with E-state index in [4.69, 9.17) is 0 Å². The maximum absolute atomic E-state index is 9.35. The van der Waals surface area contributed by atoms with Crippen molar-refractivity contribution in [3.05, 3.63) is 0 Å². The minimum atomic E-state index is -0.411. The van der Waals surface area contributed by atoms with Crippen molar-refractivity contribution in [2.75, 3.05) is 40.8 Å². The van der Waals surface area contributed by atoms with Crippen LogP contribution in [0.25, 0.3) is 0 Å². The van der Waals surface area contributed by atoms with Crippen LogP contribution in [0.2, 0.25) is 0 Å². The summed E-state index contributed by atoms with van der Waals surface area (Å²) in [7, 11) is 6.35. The Morgan fingerprint density at radius 1 is 1.26 bits per heavy atom. The van der Waals surface area contributed by atoms with Crippen molar-refractivity contribution in [1.29, 1.82) is 5.26 Å². The first-order valence-electron chi connectivity index (χ1n) is 7.36. The van der Waals surface area contributed by atoms with Gasteiger partial charge in [-0.15, -0.1) is 0 Å². The molecule has 0 aliphatic carbocycles. The molecule has 0 saturated heterocycles. The van der Waals surface area contributed by atoms with Gasteiger partial charge in [-0.3, -0.25) is 5.32 Å². The van der Waals surface area contributed by atoms with Gasteiger partial charge in [0.1, 0.15) is 5.54 Å². The van der Waals surface area contributed by atoms with Crippen LogP contribution in [0.1, 0.15) is 40.0 Å². The van der Waals surface area contributed by atoms with E-state index in [1.165, 1.54) is 6.42 Å². The Kier molecular flexibility index (Phi) is 8.99. The third-order valence-corrected chi connectivity index (χ3v) is 3.58. The maximum Gasteiger partial charge on any atom is 0.105 e. The Morgan fingerprint density at radius 2 is 1.89 bits per heavy atom. The smallest absolute Gasteiger partial charge is 0.105 e. The molecule has 4 nitrogen and oxygen atoms in total. The van der Waals surface area contributed by atoms with Crippen molar-refractivity contribution in [2.24, 2.45) is 0 Å². The molecule has 112 valence electrons. The van der Waals surface area contributed by atoms with Gasteiger partial charge in [0.15, 0.2) is 0 Å². The van der Waals surface area contributed by atoms with Gasteiger partial charge >= 0.3 is 0 Å². The fraction of sp³-hybridized carbons (Fsp3) is 0.933. The first kappa shape index (κ1) is 18.4. The number of rotatable bonds is 10. The third kappa shape index (κ3) is 8.20. The van der Waals surface area contributed by atoms with Crippen molar-refractivity contribution in [3.63, 3.8) is 0 Å². The van der Waals surface area contributed by atoms with Gasteiger partial charge in [0.05, 0.1) is 6.07 Å². The quantitative estimate of drug-likeness (QED) is 0.657. The average molecular weight is 268 g/mol. The molecule has 0 aromatic rings. The summed E-state index contributed by atoms with van der Waals surface area (Å²) in [6.45, 7) is 9.43. The van der Waals surface area contributed by atoms with E-state index in [0.717, 1.165) is 32.5 Å². The molecular weight excluding hydrogens is 236 g/mol. The summed E-state index contributed by atoms with van der Waals surface area (Å²) in [5, 5.41) is 12.7. The maximum atomic E-state index is 9.35. The Labute approximate surface area is 119 Å². The largest absolute Gasteiger partial charge is 0.309 e. The van der Waals surface area contributed by atoms with E-state index in [-0.39, 0.29) is 0 Å². The lowest BCUT2D eigenvalue weighted by atomic mass is 9.94. The number of nitrogens with one attached hydrogen (secondary N) is 1. The first-order valence-corrected chi connectivity index (χ1v) is 7.36. The summed E-state index contributed by atoms with van der Waals surface area (Å²) < 4.78 is 0. The Bertz CT molecular complexity index is 272. The van der Waals surface area contributed by atoms with Crippen molar-refractivity contribution >= 4 is 0 Å².